The van der Waals surface area contributed by atoms with E-state index in [4.69, 9.17) is 4.74 Å². The molecule has 152 valence electrons. The molecular formula is C18H22FN3O5S. The number of sulfonamides is 1. The number of ether oxygens (including phenoxy) is 1. The number of aryl methyl sites for hydroxylation is 2. The van der Waals surface area contributed by atoms with Crippen molar-refractivity contribution in [3.63, 3.8) is 0 Å². The first kappa shape index (κ1) is 20.3. The highest BCUT2D eigenvalue weighted by Gasteiger charge is 2.39. The third kappa shape index (κ3) is 3.75. The van der Waals surface area contributed by atoms with Gasteiger partial charge in [0.25, 0.3) is 5.91 Å². The molecule has 0 saturated heterocycles. The topological polar surface area (TPSA) is 110 Å². The Morgan fingerprint density at radius 3 is 2.71 bits per heavy atom. The molecule has 1 aliphatic heterocycles. The van der Waals surface area contributed by atoms with Crippen molar-refractivity contribution in [3.8, 4) is 5.75 Å². The molecule has 1 aliphatic rings. The normalized spacial score (nSPS) is 18.7. The number of hydrogen-bond acceptors (Lipinski definition) is 5. The highest BCUT2D eigenvalue weighted by atomic mass is 32.2. The van der Waals surface area contributed by atoms with E-state index < -0.39 is 33.4 Å². The van der Waals surface area contributed by atoms with Crippen LogP contribution in [0.3, 0.4) is 0 Å². The van der Waals surface area contributed by atoms with Crippen LogP contribution < -0.4 is 14.8 Å². The molecule has 0 saturated carbocycles. The van der Waals surface area contributed by atoms with Crippen LogP contribution in [0.4, 0.5) is 10.1 Å². The molecule has 0 fully saturated rings. The van der Waals surface area contributed by atoms with E-state index in [0.717, 1.165) is 0 Å². The van der Waals surface area contributed by atoms with Crippen molar-refractivity contribution in [2.24, 2.45) is 7.05 Å². The van der Waals surface area contributed by atoms with E-state index in [0.29, 0.717) is 11.3 Å². The smallest absolute Gasteiger partial charge is 0.276 e. The molecule has 28 heavy (non-hydrogen) atoms. The number of carbonyl (C=O) groups excluding carboxylic acids is 1. The van der Waals surface area contributed by atoms with Gasteiger partial charge in [0.15, 0.2) is 11.4 Å². The summed E-state index contributed by atoms with van der Waals surface area (Å²) in [7, 11) is -2.50. The van der Waals surface area contributed by atoms with Crippen molar-refractivity contribution < 1.29 is 27.4 Å². The molecule has 3 rings (SSSR count). The van der Waals surface area contributed by atoms with Crippen LogP contribution >= 0.6 is 0 Å². The van der Waals surface area contributed by atoms with Gasteiger partial charge in [-0.25, -0.2) is 17.5 Å². The van der Waals surface area contributed by atoms with Crippen LogP contribution in [0.5, 0.6) is 5.75 Å². The molecule has 1 amide bonds. The van der Waals surface area contributed by atoms with Crippen LogP contribution in [-0.4, -0.2) is 42.2 Å². The van der Waals surface area contributed by atoms with Crippen molar-refractivity contribution in [3.05, 3.63) is 41.5 Å². The van der Waals surface area contributed by atoms with Crippen LogP contribution in [0.1, 0.15) is 29.9 Å². The standard InChI is InChI=1S/C18H22FN3O5S/c1-10-7-11(5-6-12(10)19)20-17(23)15-16-13(8-22(15)4)28(25,26)21-14(9-27-16)18(2,3)24/h5-8,14,21,24H,9H2,1-4H3,(H,20,23)/t14-/m1/s1. The molecule has 0 aliphatic carbocycles. The van der Waals surface area contributed by atoms with E-state index in [1.54, 1.807) is 6.92 Å². The number of nitrogens with one attached hydrogen (secondary N) is 2. The molecule has 10 heteroatoms. The van der Waals surface area contributed by atoms with E-state index in [2.05, 4.69) is 10.0 Å². The van der Waals surface area contributed by atoms with Crippen LogP contribution in [0, 0.1) is 12.7 Å². The van der Waals surface area contributed by atoms with Gasteiger partial charge in [-0.05, 0) is 44.5 Å². The molecule has 1 aromatic heterocycles. The third-order valence-corrected chi connectivity index (χ3v) is 6.03. The zero-order valence-corrected chi connectivity index (χ0v) is 16.7. The maximum atomic E-state index is 13.4. The number of carbonyl (C=O) groups is 1. The van der Waals surface area contributed by atoms with Gasteiger partial charge in [-0.3, -0.25) is 4.79 Å². The molecule has 8 nitrogen and oxygen atoms in total. The Morgan fingerprint density at radius 1 is 1.43 bits per heavy atom. The summed E-state index contributed by atoms with van der Waals surface area (Å²) in [5.74, 6) is -1.10. The van der Waals surface area contributed by atoms with Gasteiger partial charge in [0, 0.05) is 18.9 Å². The second-order valence-electron chi connectivity index (χ2n) is 7.34. The maximum Gasteiger partial charge on any atom is 0.276 e. The average molecular weight is 411 g/mol. The van der Waals surface area contributed by atoms with E-state index in [1.807, 2.05) is 0 Å². The van der Waals surface area contributed by atoms with Crippen molar-refractivity contribution in [2.75, 3.05) is 11.9 Å². The monoisotopic (exact) mass is 411 g/mol. The number of hydrogen-bond donors (Lipinski definition) is 3. The number of rotatable bonds is 3. The fourth-order valence-corrected chi connectivity index (χ4v) is 4.44. The predicted molar refractivity (Wildman–Crippen MR) is 100 cm³/mol. The van der Waals surface area contributed by atoms with Crippen LogP contribution in [0.2, 0.25) is 0 Å². The average Bonchev–Trinajstić information content (AvgIpc) is 2.84. The molecule has 0 spiro atoms. The number of benzene rings is 1. The Hall–Kier alpha value is -2.43. The number of aliphatic hydroxyl groups is 1. The minimum absolute atomic E-state index is 0.00116. The van der Waals surface area contributed by atoms with E-state index in [1.165, 1.54) is 49.9 Å². The number of fused-ring (bicyclic) bond motifs is 1. The van der Waals surface area contributed by atoms with Gasteiger partial charge in [-0.2, -0.15) is 0 Å². The lowest BCUT2D eigenvalue weighted by Gasteiger charge is -2.27. The summed E-state index contributed by atoms with van der Waals surface area (Å²) in [5, 5.41) is 12.8. The lowest BCUT2D eigenvalue weighted by molar-refractivity contribution is 0.0288. The minimum atomic E-state index is -4.02. The van der Waals surface area contributed by atoms with Crippen LogP contribution in [0.15, 0.2) is 29.3 Å². The lowest BCUT2D eigenvalue weighted by atomic mass is 10.0. The first-order valence-corrected chi connectivity index (χ1v) is 10.0. The number of amides is 1. The van der Waals surface area contributed by atoms with Crippen LogP contribution in [0.25, 0.3) is 0 Å². The summed E-state index contributed by atoms with van der Waals surface area (Å²) in [6.45, 7) is 4.33. The summed E-state index contributed by atoms with van der Waals surface area (Å²) in [6.07, 6.45) is 1.27. The van der Waals surface area contributed by atoms with Crippen molar-refractivity contribution in [1.29, 1.82) is 0 Å². The maximum absolute atomic E-state index is 13.4. The van der Waals surface area contributed by atoms with E-state index in [9.17, 15) is 22.7 Å². The highest BCUT2D eigenvalue weighted by Crippen LogP contribution is 2.34. The Labute approximate surface area is 162 Å². The van der Waals surface area contributed by atoms with Gasteiger partial charge >= 0.3 is 0 Å². The largest absolute Gasteiger partial charge is 0.488 e. The van der Waals surface area contributed by atoms with Gasteiger partial charge in [0.05, 0.1) is 11.6 Å². The van der Waals surface area contributed by atoms with Gasteiger partial charge in [-0.15, -0.1) is 0 Å². The number of anilines is 1. The summed E-state index contributed by atoms with van der Waals surface area (Å²) in [5.41, 5.74) is -0.645. The van der Waals surface area contributed by atoms with Gasteiger partial charge in [-0.1, -0.05) is 0 Å². The number of aromatic nitrogens is 1. The first-order valence-electron chi connectivity index (χ1n) is 8.54. The molecule has 1 atom stereocenters. The zero-order valence-electron chi connectivity index (χ0n) is 15.9. The first-order chi connectivity index (χ1) is 12.9. The van der Waals surface area contributed by atoms with Crippen LogP contribution in [-0.2, 0) is 17.1 Å². The predicted octanol–water partition coefficient (Wildman–Crippen LogP) is 1.54. The Morgan fingerprint density at radius 2 is 2.11 bits per heavy atom. The molecule has 0 unspecified atom stereocenters. The van der Waals surface area contributed by atoms with Gasteiger partial charge in [0.1, 0.15) is 17.3 Å². The molecule has 2 heterocycles. The fraction of sp³-hybridized carbons (Fsp3) is 0.389. The fourth-order valence-electron chi connectivity index (χ4n) is 2.88. The van der Waals surface area contributed by atoms with Gasteiger partial charge < -0.3 is 19.7 Å². The Bertz CT molecular complexity index is 1040. The van der Waals surface area contributed by atoms with Crippen molar-refractivity contribution in [1.82, 2.24) is 9.29 Å². The molecule has 1 aromatic carbocycles. The molecule has 0 bridgehead atoms. The molecule has 0 radical (unpaired) electrons. The highest BCUT2D eigenvalue weighted by molar-refractivity contribution is 7.89. The van der Waals surface area contributed by atoms with Gasteiger partial charge in [0.2, 0.25) is 10.0 Å². The second-order valence-corrected chi connectivity index (χ2v) is 9.02. The molecular weight excluding hydrogens is 389 g/mol. The minimum Gasteiger partial charge on any atom is -0.488 e. The Kier molecular flexibility index (Phi) is 4.98. The summed E-state index contributed by atoms with van der Waals surface area (Å²) in [4.78, 5) is 12.6. The summed E-state index contributed by atoms with van der Waals surface area (Å²) < 4.78 is 48.2. The van der Waals surface area contributed by atoms with E-state index >= 15 is 0 Å². The quantitative estimate of drug-likeness (QED) is 0.710. The zero-order chi connectivity index (χ0) is 20.9. The SMILES string of the molecule is Cc1cc(NC(=O)c2c3c(cn2C)S(=O)(=O)N[C@@H](C(C)(C)O)CO3)ccc1F. The summed E-state index contributed by atoms with van der Waals surface area (Å²) >= 11 is 0. The second kappa shape index (κ2) is 6.87. The van der Waals surface area contributed by atoms with Crippen molar-refractivity contribution >= 4 is 21.6 Å². The summed E-state index contributed by atoms with van der Waals surface area (Å²) in [6, 6.07) is 3.21. The number of nitrogens with zero attached hydrogens (tertiary/aromatic N) is 1. The molecule has 3 N–H and O–H groups in total. The van der Waals surface area contributed by atoms with Crippen molar-refractivity contribution in [2.45, 2.75) is 37.3 Å². The Balaban J connectivity index is 1.98. The third-order valence-electron chi connectivity index (χ3n) is 4.57. The molecule has 2 aromatic rings. The number of halogens is 1. The van der Waals surface area contributed by atoms with E-state index in [-0.39, 0.29) is 22.9 Å². The lowest BCUT2D eigenvalue weighted by Crippen LogP contribution is -2.51.